The topological polar surface area (TPSA) is 87.1 Å². The number of aliphatic hydroxyl groups excluding tert-OH is 1. The number of esters is 1. The third-order valence-electron chi connectivity index (χ3n) is 7.16. The second kappa shape index (κ2) is 10.8. The van der Waals surface area contributed by atoms with E-state index in [9.17, 15) is 19.5 Å². The second-order valence-electron chi connectivity index (χ2n) is 9.12. The lowest BCUT2D eigenvalue weighted by Gasteiger charge is -2.37. The first kappa shape index (κ1) is 25.8. The van der Waals surface area contributed by atoms with E-state index >= 15 is 0 Å². The van der Waals surface area contributed by atoms with Crippen LogP contribution in [-0.2, 0) is 19.1 Å². The zero-order valence-corrected chi connectivity index (χ0v) is 21.2. The van der Waals surface area contributed by atoms with Crippen LogP contribution in [0.1, 0.15) is 25.7 Å². The molecule has 2 amide bonds. The highest BCUT2D eigenvalue weighted by atomic mass is 35.5. The summed E-state index contributed by atoms with van der Waals surface area (Å²) < 4.78 is 4.82. The zero-order valence-electron chi connectivity index (χ0n) is 19.6. The van der Waals surface area contributed by atoms with Gasteiger partial charge in [-0.2, -0.15) is 0 Å². The Morgan fingerprint density at radius 1 is 1.29 bits per heavy atom. The van der Waals surface area contributed by atoms with Crippen LogP contribution in [0.15, 0.2) is 49.6 Å². The molecule has 0 radical (unpaired) electrons. The summed E-state index contributed by atoms with van der Waals surface area (Å²) in [4.78, 5) is 44.0. The maximum absolute atomic E-state index is 14.1. The van der Waals surface area contributed by atoms with Crippen molar-refractivity contribution in [2.24, 2.45) is 11.8 Å². The van der Waals surface area contributed by atoms with Gasteiger partial charge in [0.25, 0.3) is 5.91 Å². The number of unbranched alkanes of at least 4 members (excludes halogenated alkanes) is 1. The minimum atomic E-state index is -0.795. The van der Waals surface area contributed by atoms with E-state index in [1.54, 1.807) is 53.1 Å². The Kier molecular flexibility index (Phi) is 7.93. The molecule has 0 saturated carbocycles. The number of β-amino-alcohol motifs (C(OH)–C–C–N with tert-alkyl or cyclic N) is 1. The van der Waals surface area contributed by atoms with Gasteiger partial charge in [-0.1, -0.05) is 23.8 Å². The van der Waals surface area contributed by atoms with Crippen LogP contribution in [0.3, 0.4) is 0 Å². The van der Waals surface area contributed by atoms with Crippen LogP contribution in [0.25, 0.3) is 0 Å². The molecule has 9 heteroatoms. The first-order valence-corrected chi connectivity index (χ1v) is 13.2. The van der Waals surface area contributed by atoms with Crippen molar-refractivity contribution in [3.63, 3.8) is 0 Å². The van der Waals surface area contributed by atoms with Crippen LogP contribution in [-0.4, -0.2) is 70.1 Å². The van der Waals surface area contributed by atoms with Crippen LogP contribution >= 0.6 is 23.4 Å². The number of carbonyl (C=O) groups excluding carboxylic acids is 3. The maximum Gasteiger partial charge on any atom is 0.310 e. The Labute approximate surface area is 215 Å². The van der Waals surface area contributed by atoms with Crippen LogP contribution in [0.4, 0.5) is 5.69 Å². The van der Waals surface area contributed by atoms with E-state index in [1.165, 1.54) is 4.90 Å². The fraction of sp³-hybridized carbons (Fsp3) is 0.500. The van der Waals surface area contributed by atoms with E-state index < -0.39 is 22.6 Å². The van der Waals surface area contributed by atoms with E-state index in [4.69, 9.17) is 16.3 Å². The Morgan fingerprint density at radius 2 is 2.03 bits per heavy atom. The number of ether oxygens (including phenoxy) is 1. The molecular formula is C26H31ClN2O5S. The van der Waals surface area contributed by atoms with E-state index in [-0.39, 0.29) is 49.3 Å². The molecule has 0 aromatic heterocycles. The van der Waals surface area contributed by atoms with Gasteiger partial charge >= 0.3 is 5.97 Å². The van der Waals surface area contributed by atoms with Crippen LogP contribution in [0.5, 0.6) is 0 Å². The van der Waals surface area contributed by atoms with Gasteiger partial charge in [0.2, 0.25) is 5.91 Å². The monoisotopic (exact) mass is 518 g/mol. The van der Waals surface area contributed by atoms with E-state index in [0.717, 1.165) is 12.8 Å². The molecule has 3 aliphatic rings. The molecule has 35 heavy (non-hydrogen) atoms. The standard InChI is InChI=1S/C26H31ClN2O5S/c1-3-5-6-16-34-25(33)20-19-11-12-26(35-19)21(20)23(31)29(14-15-30)22(26)24(32)28(13-4-2)18-9-7-17(27)8-10-18/h3-4,7-10,19-22,30H,1-2,5-6,11-16H2/t19-,20+,21+,22?,26?/m1/s1. The number of fused-ring (bicyclic) bond motifs is 1. The third-order valence-corrected chi connectivity index (χ3v) is 9.36. The van der Waals surface area contributed by atoms with Crippen molar-refractivity contribution < 1.29 is 24.2 Å². The number of aliphatic hydroxyl groups is 1. The molecule has 3 saturated heterocycles. The fourth-order valence-electron chi connectivity index (χ4n) is 5.77. The first-order valence-electron chi connectivity index (χ1n) is 11.9. The fourth-order valence-corrected chi connectivity index (χ4v) is 8.09. The predicted octanol–water partition coefficient (Wildman–Crippen LogP) is 3.45. The summed E-state index contributed by atoms with van der Waals surface area (Å²) in [6.07, 6.45) is 6.22. The summed E-state index contributed by atoms with van der Waals surface area (Å²) in [5, 5.41) is 10.2. The Hall–Kier alpha value is -2.29. The van der Waals surface area contributed by atoms with Crippen molar-refractivity contribution in [2.75, 3.05) is 31.2 Å². The lowest BCUT2D eigenvalue weighted by molar-refractivity contribution is -0.154. The number of hydrogen-bond donors (Lipinski definition) is 1. The van der Waals surface area contributed by atoms with E-state index in [0.29, 0.717) is 23.6 Å². The molecule has 7 nitrogen and oxygen atoms in total. The normalized spacial score (nSPS) is 28.6. The third kappa shape index (κ3) is 4.52. The molecule has 188 valence electrons. The van der Waals surface area contributed by atoms with Crippen molar-refractivity contribution in [1.29, 1.82) is 0 Å². The van der Waals surface area contributed by atoms with Gasteiger partial charge < -0.3 is 19.6 Å². The van der Waals surface area contributed by atoms with Gasteiger partial charge in [-0.05, 0) is 49.9 Å². The van der Waals surface area contributed by atoms with Crippen molar-refractivity contribution in [2.45, 2.75) is 41.7 Å². The number of halogens is 1. The first-order chi connectivity index (χ1) is 16.9. The van der Waals surface area contributed by atoms with Crippen LogP contribution < -0.4 is 4.90 Å². The lowest BCUT2D eigenvalue weighted by Crippen LogP contribution is -2.55. The van der Waals surface area contributed by atoms with Crippen molar-refractivity contribution in [3.05, 3.63) is 54.6 Å². The number of rotatable bonds is 11. The SMILES string of the molecule is C=CCCCOC(=O)[C@@H]1[C@H]2C(=O)N(CCO)C(C(=O)N(CC=C)c3ccc(Cl)cc3)C23CC[C@H]1S3. The number of carbonyl (C=O) groups is 3. The predicted molar refractivity (Wildman–Crippen MR) is 137 cm³/mol. The summed E-state index contributed by atoms with van der Waals surface area (Å²) in [7, 11) is 0. The largest absolute Gasteiger partial charge is 0.465 e. The summed E-state index contributed by atoms with van der Waals surface area (Å²) in [6, 6.07) is 6.14. The molecular weight excluding hydrogens is 488 g/mol. The second-order valence-corrected chi connectivity index (χ2v) is 11.2. The van der Waals surface area contributed by atoms with E-state index in [1.807, 2.05) is 0 Å². The minimum absolute atomic E-state index is 0.0301. The number of anilines is 1. The number of nitrogens with zero attached hydrogens (tertiary/aromatic N) is 2. The molecule has 0 aliphatic carbocycles. The highest BCUT2D eigenvalue weighted by molar-refractivity contribution is 8.02. The van der Waals surface area contributed by atoms with Gasteiger partial charge in [0.05, 0.1) is 29.8 Å². The Morgan fingerprint density at radius 3 is 2.69 bits per heavy atom. The lowest BCUT2D eigenvalue weighted by atomic mass is 9.71. The summed E-state index contributed by atoms with van der Waals surface area (Å²) in [5.74, 6) is -2.11. The minimum Gasteiger partial charge on any atom is -0.465 e. The van der Waals surface area contributed by atoms with Gasteiger partial charge in [-0.15, -0.1) is 24.9 Å². The average Bonchev–Trinajstić information content (AvgIpc) is 3.48. The molecule has 3 aliphatic heterocycles. The number of hydrogen-bond acceptors (Lipinski definition) is 6. The quantitative estimate of drug-likeness (QED) is 0.274. The van der Waals surface area contributed by atoms with Gasteiger partial charge in [0.1, 0.15) is 6.04 Å². The molecule has 1 N–H and O–H groups in total. The smallest absolute Gasteiger partial charge is 0.310 e. The summed E-state index contributed by atoms with van der Waals surface area (Å²) >= 11 is 7.63. The Balaban J connectivity index is 1.67. The average molecular weight is 519 g/mol. The number of likely N-dealkylation sites (tertiary alicyclic amines) is 1. The van der Waals surface area contributed by atoms with Crippen LogP contribution in [0, 0.1) is 11.8 Å². The van der Waals surface area contributed by atoms with Gasteiger partial charge in [0, 0.05) is 29.0 Å². The maximum atomic E-state index is 14.1. The van der Waals surface area contributed by atoms with Crippen molar-refractivity contribution >= 4 is 46.8 Å². The van der Waals surface area contributed by atoms with Gasteiger partial charge in [-0.25, -0.2) is 0 Å². The molecule has 4 rings (SSSR count). The molecule has 1 aromatic carbocycles. The van der Waals surface area contributed by atoms with Gasteiger partial charge in [0.15, 0.2) is 0 Å². The number of thioether (sulfide) groups is 1. The zero-order chi connectivity index (χ0) is 25.2. The number of benzene rings is 1. The van der Waals surface area contributed by atoms with E-state index in [2.05, 4.69) is 13.2 Å². The molecule has 3 fully saturated rings. The molecule has 1 spiro atoms. The number of allylic oxidation sites excluding steroid dienone is 1. The Bertz CT molecular complexity index is 1000. The molecule has 5 atom stereocenters. The molecule has 2 unspecified atom stereocenters. The summed E-state index contributed by atoms with van der Waals surface area (Å²) in [6.45, 7) is 7.76. The van der Waals surface area contributed by atoms with Gasteiger partial charge in [-0.3, -0.25) is 14.4 Å². The number of amides is 2. The molecule has 3 heterocycles. The van der Waals surface area contributed by atoms with Crippen molar-refractivity contribution in [3.8, 4) is 0 Å². The molecule has 2 bridgehead atoms. The highest BCUT2D eigenvalue weighted by Gasteiger charge is 2.74. The van der Waals surface area contributed by atoms with Crippen LogP contribution in [0.2, 0.25) is 5.02 Å². The highest BCUT2D eigenvalue weighted by Crippen LogP contribution is 2.66. The van der Waals surface area contributed by atoms with Crippen molar-refractivity contribution in [1.82, 2.24) is 4.90 Å². The summed E-state index contributed by atoms with van der Waals surface area (Å²) in [5.41, 5.74) is 0.645. The molecule has 1 aromatic rings.